The molecule has 208 valence electrons. The quantitative estimate of drug-likeness (QED) is 0.158. The maximum atomic E-state index is 13.8. The molecule has 0 atom stereocenters. The number of rotatable bonds is 12. The van der Waals surface area contributed by atoms with E-state index in [9.17, 15) is 26.3 Å². The Morgan fingerprint density at radius 1 is 0.711 bits per heavy atom. The van der Waals surface area contributed by atoms with Crippen LogP contribution in [0.1, 0.15) is 70.6 Å². The normalized spacial score (nSPS) is 12.8. The minimum absolute atomic E-state index is 0.0302. The topological polar surface area (TPSA) is 41.6 Å². The fourth-order valence-corrected chi connectivity index (χ4v) is 20.1. The number of nitrogens with one attached hydrogen (secondary N) is 1. The molecule has 0 aliphatic heterocycles. The monoisotopic (exact) mass is 647 g/mol. The SMILES string of the molecule is CCC[CH2][Sn]([CH2]CCC)([CH2]CCC)[c]1c[nH]c(-c2cc(-c3ccc(C(F)(F)F)cc3)cc(C(F)(F)F)n2)n1. The van der Waals surface area contributed by atoms with E-state index in [1.54, 1.807) is 0 Å². The van der Waals surface area contributed by atoms with Crippen molar-refractivity contribution in [1.29, 1.82) is 0 Å². The van der Waals surface area contributed by atoms with E-state index in [4.69, 9.17) is 4.98 Å². The zero-order valence-corrected chi connectivity index (χ0v) is 24.9. The van der Waals surface area contributed by atoms with Gasteiger partial charge in [0.25, 0.3) is 0 Å². The van der Waals surface area contributed by atoms with Crippen LogP contribution in [0.25, 0.3) is 22.6 Å². The summed E-state index contributed by atoms with van der Waals surface area (Å²) in [5.74, 6) is 0.268. The Morgan fingerprint density at radius 3 is 1.74 bits per heavy atom. The van der Waals surface area contributed by atoms with Gasteiger partial charge in [-0.25, -0.2) is 0 Å². The number of nitrogens with zero attached hydrogens (tertiary/aromatic N) is 2. The van der Waals surface area contributed by atoms with Crippen molar-refractivity contribution in [2.24, 2.45) is 0 Å². The van der Waals surface area contributed by atoms with Gasteiger partial charge in [-0.15, -0.1) is 0 Å². The summed E-state index contributed by atoms with van der Waals surface area (Å²) in [7, 11) is 0. The van der Waals surface area contributed by atoms with Crippen molar-refractivity contribution in [2.45, 2.75) is 85.0 Å². The zero-order chi connectivity index (χ0) is 28.0. The molecule has 38 heavy (non-hydrogen) atoms. The Hall–Kier alpha value is -2.04. The van der Waals surface area contributed by atoms with Crippen LogP contribution in [-0.4, -0.2) is 33.3 Å². The fraction of sp³-hybridized carbons (Fsp3) is 0.500. The van der Waals surface area contributed by atoms with Crippen molar-refractivity contribution >= 4 is 22.1 Å². The molecular formula is C28H35F6N3Sn. The molecule has 0 amide bonds. The van der Waals surface area contributed by atoms with Gasteiger partial charge in [-0.1, -0.05) is 0 Å². The minimum atomic E-state index is -4.72. The Labute approximate surface area is 224 Å². The number of benzene rings is 1. The second-order valence-corrected chi connectivity index (χ2v) is 23.0. The molecular weight excluding hydrogens is 611 g/mol. The van der Waals surface area contributed by atoms with Gasteiger partial charge in [0, 0.05) is 0 Å². The standard InChI is InChI=1S/C16H8F6N3.3C4H9.Sn/c17-15(18,19)11-3-1-9(2-4-11)10-7-12(14-23-5-6-24-14)25-13(8-10)16(20,21)22;3*1-3-4-2;/h1-5,7-8H,(H,23,24);3*1,3-4H2,2H3;. The molecule has 3 aromatic rings. The molecule has 10 heteroatoms. The van der Waals surface area contributed by atoms with Crippen LogP contribution in [0.4, 0.5) is 26.3 Å². The Morgan fingerprint density at radius 2 is 1.26 bits per heavy atom. The van der Waals surface area contributed by atoms with E-state index in [1.807, 2.05) is 6.20 Å². The van der Waals surface area contributed by atoms with E-state index in [0.717, 1.165) is 73.7 Å². The molecule has 2 aromatic heterocycles. The van der Waals surface area contributed by atoms with E-state index < -0.39 is 42.0 Å². The summed E-state index contributed by atoms with van der Waals surface area (Å²) in [6.45, 7) is 6.50. The van der Waals surface area contributed by atoms with Crippen LogP contribution in [0, 0.1) is 0 Å². The third-order valence-electron chi connectivity index (χ3n) is 7.05. The molecule has 0 spiro atoms. The predicted octanol–water partition coefficient (Wildman–Crippen LogP) is 9.23. The van der Waals surface area contributed by atoms with Gasteiger partial charge >= 0.3 is 225 Å². The number of H-pyrrole nitrogens is 1. The number of pyridine rings is 1. The van der Waals surface area contributed by atoms with E-state index in [2.05, 4.69) is 30.7 Å². The van der Waals surface area contributed by atoms with Gasteiger partial charge in [-0.05, 0) is 0 Å². The molecule has 1 N–H and O–H groups in total. The summed E-state index contributed by atoms with van der Waals surface area (Å²) in [6.07, 6.45) is -0.776. The third-order valence-corrected chi connectivity index (χ3v) is 22.1. The van der Waals surface area contributed by atoms with Crippen LogP contribution in [0.15, 0.2) is 42.6 Å². The number of halogens is 6. The Kier molecular flexibility index (Phi) is 10.3. The summed E-state index contributed by atoms with van der Waals surface area (Å²) in [4.78, 5) is 11.8. The molecule has 0 fully saturated rings. The Balaban J connectivity index is 2.08. The van der Waals surface area contributed by atoms with Gasteiger partial charge in [0.15, 0.2) is 0 Å². The number of imidazole rings is 1. The van der Waals surface area contributed by atoms with Gasteiger partial charge in [0.2, 0.25) is 0 Å². The molecule has 1 aromatic carbocycles. The number of hydrogen-bond acceptors (Lipinski definition) is 2. The van der Waals surface area contributed by atoms with Gasteiger partial charge in [0.1, 0.15) is 0 Å². The summed E-state index contributed by atoms with van der Waals surface area (Å²) in [5.41, 5.74) is -1.58. The van der Waals surface area contributed by atoms with Gasteiger partial charge < -0.3 is 0 Å². The van der Waals surface area contributed by atoms with Crippen molar-refractivity contribution in [3.63, 3.8) is 0 Å². The van der Waals surface area contributed by atoms with E-state index in [-0.39, 0.29) is 22.6 Å². The summed E-state index contributed by atoms with van der Waals surface area (Å²) < 4.78 is 84.8. The van der Waals surface area contributed by atoms with Crippen molar-refractivity contribution in [3.05, 3.63) is 53.9 Å². The van der Waals surface area contributed by atoms with Crippen LogP contribution >= 0.6 is 0 Å². The number of hydrogen-bond donors (Lipinski definition) is 1. The first-order valence-corrected chi connectivity index (χ1v) is 20.7. The molecule has 0 radical (unpaired) electrons. The molecule has 3 nitrogen and oxygen atoms in total. The number of alkyl halides is 6. The molecule has 0 aliphatic rings. The van der Waals surface area contributed by atoms with Crippen molar-refractivity contribution in [1.82, 2.24) is 15.0 Å². The van der Waals surface area contributed by atoms with Crippen molar-refractivity contribution in [2.75, 3.05) is 0 Å². The predicted molar refractivity (Wildman–Crippen MR) is 142 cm³/mol. The second-order valence-electron chi connectivity index (χ2n) is 9.92. The fourth-order valence-electron chi connectivity index (χ4n) is 4.84. The average Bonchev–Trinajstić information content (AvgIpc) is 3.38. The van der Waals surface area contributed by atoms with Gasteiger partial charge in [0.05, 0.1) is 0 Å². The maximum absolute atomic E-state index is 13.8. The molecule has 0 aliphatic carbocycles. The number of unbranched alkanes of at least 4 members (excludes halogenated alkanes) is 3. The van der Waals surface area contributed by atoms with Crippen LogP contribution in [0.5, 0.6) is 0 Å². The average molecular weight is 646 g/mol. The van der Waals surface area contributed by atoms with Crippen LogP contribution in [-0.2, 0) is 12.4 Å². The first-order chi connectivity index (χ1) is 17.9. The first-order valence-electron chi connectivity index (χ1n) is 13.3. The van der Waals surface area contributed by atoms with Gasteiger partial charge in [-0.3, -0.25) is 0 Å². The van der Waals surface area contributed by atoms with E-state index in [0.29, 0.717) is 0 Å². The first kappa shape index (κ1) is 30.5. The molecule has 0 saturated heterocycles. The van der Waals surface area contributed by atoms with E-state index >= 15 is 0 Å². The molecule has 3 rings (SSSR count). The van der Waals surface area contributed by atoms with E-state index in [1.165, 1.54) is 18.2 Å². The second kappa shape index (κ2) is 12.9. The van der Waals surface area contributed by atoms with Gasteiger partial charge in [-0.2, -0.15) is 0 Å². The van der Waals surface area contributed by atoms with Crippen LogP contribution in [0.2, 0.25) is 13.3 Å². The summed E-state index contributed by atoms with van der Waals surface area (Å²) in [5, 5.41) is 0. The van der Waals surface area contributed by atoms with Crippen LogP contribution in [0.3, 0.4) is 0 Å². The number of aromatic nitrogens is 3. The zero-order valence-electron chi connectivity index (χ0n) is 22.1. The summed E-state index contributed by atoms with van der Waals surface area (Å²) >= 11 is -2.93. The Bertz CT molecular complexity index is 1150. The molecule has 0 unspecified atom stereocenters. The molecule has 2 heterocycles. The van der Waals surface area contributed by atoms with Crippen molar-refractivity contribution in [3.8, 4) is 22.6 Å². The van der Waals surface area contributed by atoms with Crippen molar-refractivity contribution < 1.29 is 26.3 Å². The third kappa shape index (κ3) is 7.54. The molecule has 0 bridgehead atoms. The summed E-state index contributed by atoms with van der Waals surface area (Å²) in [6, 6.07) is 6.41. The molecule has 0 saturated carbocycles. The van der Waals surface area contributed by atoms with Crippen LogP contribution < -0.4 is 3.71 Å². The number of aromatic amines is 1.